The molecule has 27 heavy (non-hydrogen) atoms. The fraction of sp³-hybridized carbons (Fsp3) is 0.500. The third-order valence-corrected chi connectivity index (χ3v) is 4.90. The van der Waals surface area contributed by atoms with Crippen LogP contribution in [-0.4, -0.2) is 67.3 Å². The lowest BCUT2D eigenvalue weighted by Crippen LogP contribution is -2.51. The average Bonchev–Trinajstić information content (AvgIpc) is 2.96. The molecule has 1 saturated heterocycles. The summed E-state index contributed by atoms with van der Waals surface area (Å²) in [5.41, 5.74) is 2.10. The van der Waals surface area contributed by atoms with Crippen LogP contribution in [-0.2, 0) is 32.5 Å². The largest absolute Gasteiger partial charge is 0.379 e. The van der Waals surface area contributed by atoms with Gasteiger partial charge in [-0.15, -0.1) is 0 Å². The number of rotatable bonds is 6. The van der Waals surface area contributed by atoms with Gasteiger partial charge in [0.25, 0.3) is 0 Å². The minimum atomic E-state index is -0.320. The second-order valence-corrected chi connectivity index (χ2v) is 7.13. The first-order valence-corrected chi connectivity index (χ1v) is 9.17. The molecule has 0 radical (unpaired) electrons. The summed E-state index contributed by atoms with van der Waals surface area (Å²) in [6.45, 7) is 0.928. The summed E-state index contributed by atoms with van der Waals surface area (Å²) in [5.74, 6) is -0.160. The highest BCUT2D eigenvalue weighted by Gasteiger charge is 2.29. The molecule has 1 fully saturated rings. The van der Waals surface area contributed by atoms with Gasteiger partial charge in [-0.3, -0.25) is 9.59 Å². The monoisotopic (exact) mass is 373 g/mol. The molecule has 2 aromatic rings. The normalized spacial score (nSPS) is 19.8. The van der Waals surface area contributed by atoms with Crippen LogP contribution in [0, 0.1) is 0 Å². The van der Waals surface area contributed by atoms with Crippen LogP contribution >= 0.6 is 0 Å². The van der Waals surface area contributed by atoms with E-state index in [1.54, 1.807) is 14.1 Å². The maximum Gasteiger partial charge on any atom is 0.248 e. The van der Waals surface area contributed by atoms with Crippen molar-refractivity contribution < 1.29 is 19.1 Å². The molecule has 3 rings (SSSR count). The Hall–Kier alpha value is -2.38. The lowest BCUT2D eigenvalue weighted by Gasteiger charge is -2.32. The Morgan fingerprint density at radius 2 is 2.11 bits per heavy atom. The third kappa shape index (κ3) is 4.67. The molecule has 2 atom stereocenters. The van der Waals surface area contributed by atoms with Crippen molar-refractivity contribution >= 4 is 22.7 Å². The minimum absolute atomic E-state index is 0.0171. The quantitative estimate of drug-likeness (QED) is 0.823. The summed E-state index contributed by atoms with van der Waals surface area (Å²) in [7, 11) is 5.35. The van der Waals surface area contributed by atoms with E-state index >= 15 is 0 Å². The predicted octanol–water partition coefficient (Wildman–Crippen LogP) is 1.10. The zero-order chi connectivity index (χ0) is 19.4. The van der Waals surface area contributed by atoms with Crippen LogP contribution < -0.4 is 5.32 Å². The van der Waals surface area contributed by atoms with E-state index in [2.05, 4.69) is 5.32 Å². The van der Waals surface area contributed by atoms with Crippen LogP contribution in [0.3, 0.4) is 0 Å². The van der Waals surface area contributed by atoms with Crippen LogP contribution in [0.1, 0.15) is 12.0 Å². The number of amides is 2. The van der Waals surface area contributed by atoms with Crippen molar-refractivity contribution in [2.75, 3.05) is 33.9 Å². The maximum atomic E-state index is 12.6. The van der Waals surface area contributed by atoms with Crippen LogP contribution in [0.5, 0.6) is 0 Å². The van der Waals surface area contributed by atoms with E-state index in [4.69, 9.17) is 9.47 Å². The Labute approximate surface area is 159 Å². The van der Waals surface area contributed by atoms with Gasteiger partial charge in [0.1, 0.15) is 12.7 Å². The van der Waals surface area contributed by atoms with Crippen molar-refractivity contribution in [3.63, 3.8) is 0 Å². The number of likely N-dealkylation sites (N-methyl/N-ethyl adjacent to an activating group) is 1. The van der Waals surface area contributed by atoms with Crippen molar-refractivity contribution in [2.24, 2.45) is 7.05 Å². The van der Waals surface area contributed by atoms with Crippen LogP contribution in [0.2, 0.25) is 0 Å². The molecule has 0 saturated carbocycles. The number of hydrogen-bond acceptors (Lipinski definition) is 4. The molecule has 1 aromatic heterocycles. The van der Waals surface area contributed by atoms with E-state index in [9.17, 15) is 9.59 Å². The summed E-state index contributed by atoms with van der Waals surface area (Å²) in [6, 6.07) is 7.89. The standard InChI is InChI=1S/C20H27N3O4/c1-22(2)20(25)13-27-18-12-26-9-8-16(18)21-19(24)10-14-11-23(3)17-7-5-4-6-15(14)17/h4-7,11,16,18H,8-10,12-13H2,1-3H3,(H,21,24)/t16-,18-/m1/s1. The number of nitrogens with one attached hydrogen (secondary N) is 1. The average molecular weight is 373 g/mol. The first kappa shape index (κ1) is 19.4. The topological polar surface area (TPSA) is 72.8 Å². The zero-order valence-electron chi connectivity index (χ0n) is 16.1. The first-order valence-electron chi connectivity index (χ1n) is 9.17. The molecular formula is C20H27N3O4. The minimum Gasteiger partial charge on any atom is -0.379 e. The van der Waals surface area contributed by atoms with Gasteiger partial charge in [-0.2, -0.15) is 0 Å². The van der Waals surface area contributed by atoms with Crippen molar-refractivity contribution in [1.82, 2.24) is 14.8 Å². The van der Waals surface area contributed by atoms with E-state index in [0.717, 1.165) is 16.5 Å². The number of carbonyl (C=O) groups is 2. The highest BCUT2D eigenvalue weighted by molar-refractivity contribution is 5.89. The van der Waals surface area contributed by atoms with Crippen LogP contribution in [0.4, 0.5) is 0 Å². The number of fused-ring (bicyclic) bond motifs is 1. The van der Waals surface area contributed by atoms with Gasteiger partial charge in [-0.25, -0.2) is 0 Å². The second-order valence-electron chi connectivity index (χ2n) is 7.13. The molecule has 1 N–H and O–H groups in total. The summed E-state index contributed by atoms with van der Waals surface area (Å²) < 4.78 is 13.2. The zero-order valence-corrected chi connectivity index (χ0v) is 16.1. The molecule has 2 amide bonds. The van der Waals surface area contributed by atoms with E-state index in [-0.39, 0.29) is 30.6 Å². The van der Waals surface area contributed by atoms with E-state index in [1.807, 2.05) is 42.1 Å². The molecule has 2 heterocycles. The Bertz CT molecular complexity index is 815. The molecule has 1 aromatic carbocycles. The number of nitrogens with zero attached hydrogens (tertiary/aromatic N) is 2. The predicted molar refractivity (Wildman–Crippen MR) is 102 cm³/mol. The number of aromatic nitrogens is 1. The van der Waals surface area contributed by atoms with Crippen molar-refractivity contribution in [3.05, 3.63) is 36.0 Å². The Morgan fingerprint density at radius 3 is 2.89 bits per heavy atom. The van der Waals surface area contributed by atoms with Crippen molar-refractivity contribution in [3.8, 4) is 0 Å². The molecule has 0 aliphatic carbocycles. The summed E-state index contributed by atoms with van der Waals surface area (Å²) in [6.07, 6.45) is 2.65. The molecule has 146 valence electrons. The van der Waals surface area contributed by atoms with Gasteiger partial charge in [0.15, 0.2) is 0 Å². The van der Waals surface area contributed by atoms with E-state index in [1.165, 1.54) is 4.90 Å². The Morgan fingerprint density at radius 1 is 1.33 bits per heavy atom. The van der Waals surface area contributed by atoms with Crippen LogP contribution in [0.25, 0.3) is 10.9 Å². The second kappa shape index (κ2) is 8.54. The van der Waals surface area contributed by atoms with Gasteiger partial charge in [0.2, 0.25) is 11.8 Å². The SMILES string of the molecule is CN(C)C(=O)CO[C@@H]1COCC[C@H]1NC(=O)Cc1cn(C)c2ccccc12. The van der Waals surface area contributed by atoms with Crippen molar-refractivity contribution in [1.29, 1.82) is 0 Å². The highest BCUT2D eigenvalue weighted by atomic mass is 16.5. The fourth-order valence-corrected chi connectivity index (χ4v) is 3.35. The fourth-order valence-electron chi connectivity index (χ4n) is 3.35. The lowest BCUT2D eigenvalue weighted by atomic mass is 10.0. The van der Waals surface area contributed by atoms with Gasteiger partial charge >= 0.3 is 0 Å². The van der Waals surface area contributed by atoms with Gasteiger partial charge in [-0.05, 0) is 18.1 Å². The number of carbonyl (C=O) groups excluding carboxylic acids is 2. The number of ether oxygens (including phenoxy) is 2. The molecule has 1 aliphatic heterocycles. The first-order chi connectivity index (χ1) is 13.0. The Balaban J connectivity index is 1.62. The summed E-state index contributed by atoms with van der Waals surface area (Å²) in [5, 5.41) is 4.16. The summed E-state index contributed by atoms with van der Waals surface area (Å²) >= 11 is 0. The molecule has 7 nitrogen and oxygen atoms in total. The molecule has 7 heteroatoms. The maximum absolute atomic E-state index is 12.6. The lowest BCUT2D eigenvalue weighted by molar-refractivity contribution is -0.141. The smallest absolute Gasteiger partial charge is 0.248 e. The number of para-hydroxylation sites is 1. The molecule has 0 unspecified atom stereocenters. The molecule has 0 spiro atoms. The molecular weight excluding hydrogens is 346 g/mol. The van der Waals surface area contributed by atoms with E-state index in [0.29, 0.717) is 26.1 Å². The van der Waals surface area contributed by atoms with Gasteiger partial charge < -0.3 is 24.3 Å². The number of hydrogen-bond donors (Lipinski definition) is 1. The van der Waals surface area contributed by atoms with Gasteiger partial charge in [0.05, 0.1) is 19.1 Å². The van der Waals surface area contributed by atoms with E-state index < -0.39 is 0 Å². The highest BCUT2D eigenvalue weighted by Crippen LogP contribution is 2.21. The van der Waals surface area contributed by atoms with Crippen molar-refractivity contribution in [2.45, 2.75) is 25.0 Å². The summed E-state index contributed by atoms with van der Waals surface area (Å²) in [4.78, 5) is 25.9. The third-order valence-electron chi connectivity index (χ3n) is 4.90. The van der Waals surface area contributed by atoms with Gasteiger partial charge in [-0.1, -0.05) is 18.2 Å². The molecule has 0 bridgehead atoms. The number of benzene rings is 1. The number of aryl methyl sites for hydroxylation is 1. The molecule has 1 aliphatic rings. The van der Waals surface area contributed by atoms with Crippen LogP contribution in [0.15, 0.2) is 30.5 Å². The van der Waals surface area contributed by atoms with Gasteiger partial charge in [0, 0.05) is 44.8 Å². The Kier molecular flexibility index (Phi) is 6.13.